The summed E-state index contributed by atoms with van der Waals surface area (Å²) in [4.78, 5) is 0. The van der Waals surface area contributed by atoms with Gasteiger partial charge in [0.1, 0.15) is 0 Å². The van der Waals surface area contributed by atoms with Crippen LogP contribution in [0.3, 0.4) is 0 Å². The fourth-order valence-electron chi connectivity index (χ4n) is 2.02. The molecule has 0 spiro atoms. The van der Waals surface area contributed by atoms with Crippen molar-refractivity contribution in [1.82, 2.24) is 0 Å². The van der Waals surface area contributed by atoms with Crippen molar-refractivity contribution >= 4 is 26.7 Å². The zero-order valence-corrected chi connectivity index (χ0v) is 11.8. The molecule has 18 heavy (non-hydrogen) atoms. The van der Waals surface area contributed by atoms with Gasteiger partial charge in [0.25, 0.3) is 0 Å². The zero-order chi connectivity index (χ0) is 13.4. The summed E-state index contributed by atoms with van der Waals surface area (Å²) in [6.07, 6.45) is 0. The molecule has 0 aliphatic heterocycles. The van der Waals surface area contributed by atoms with E-state index in [9.17, 15) is 10.2 Å². The van der Waals surface area contributed by atoms with Crippen molar-refractivity contribution in [1.29, 1.82) is 0 Å². The number of benzene rings is 2. The van der Waals surface area contributed by atoms with E-state index in [2.05, 4.69) is 15.9 Å². The van der Waals surface area contributed by atoms with Crippen LogP contribution in [0, 0.1) is 6.92 Å². The van der Waals surface area contributed by atoms with Crippen LogP contribution < -0.4 is 9.47 Å². The molecule has 5 heteroatoms. The standard InChI is InChI=1S/C13H13BrO4/c1-6-8(14)5-4-7-9(6)11(16)13(18-3)12(17-2)10(7)15/h4-5,15-16H,1-3H3. The summed E-state index contributed by atoms with van der Waals surface area (Å²) in [5.41, 5.74) is 0.821. The number of methoxy groups -OCH3 is 2. The third-order valence-electron chi connectivity index (χ3n) is 2.94. The molecule has 0 aliphatic carbocycles. The van der Waals surface area contributed by atoms with Crippen LogP contribution in [0.4, 0.5) is 0 Å². The highest BCUT2D eigenvalue weighted by atomic mass is 79.9. The summed E-state index contributed by atoms with van der Waals surface area (Å²) >= 11 is 3.39. The second-order valence-electron chi connectivity index (χ2n) is 3.86. The van der Waals surface area contributed by atoms with Gasteiger partial charge in [-0.05, 0) is 24.6 Å². The Labute approximate surface area is 113 Å². The van der Waals surface area contributed by atoms with Crippen LogP contribution in [0.2, 0.25) is 0 Å². The van der Waals surface area contributed by atoms with E-state index in [0.29, 0.717) is 10.8 Å². The molecule has 0 heterocycles. The first-order valence-electron chi connectivity index (χ1n) is 5.27. The van der Waals surface area contributed by atoms with Gasteiger partial charge in [-0.2, -0.15) is 0 Å². The molecule has 0 bridgehead atoms. The Morgan fingerprint density at radius 1 is 1.00 bits per heavy atom. The Hall–Kier alpha value is -1.62. The van der Waals surface area contributed by atoms with Crippen LogP contribution >= 0.6 is 15.9 Å². The number of halogens is 1. The minimum absolute atomic E-state index is 0.0408. The molecular formula is C13H13BrO4. The Morgan fingerprint density at radius 2 is 1.56 bits per heavy atom. The SMILES string of the molecule is COc1c(OC)c(O)c2c(C)c(Br)ccc2c1O. The number of ether oxygens (including phenoxy) is 2. The van der Waals surface area contributed by atoms with E-state index in [1.165, 1.54) is 14.2 Å². The van der Waals surface area contributed by atoms with Crippen LogP contribution in [-0.4, -0.2) is 24.4 Å². The third-order valence-corrected chi connectivity index (χ3v) is 3.79. The summed E-state index contributed by atoms with van der Waals surface area (Å²) in [6, 6.07) is 3.52. The molecule has 2 aromatic rings. The largest absolute Gasteiger partial charge is 0.504 e. The van der Waals surface area contributed by atoms with Gasteiger partial charge in [-0.3, -0.25) is 0 Å². The molecule has 2 aromatic carbocycles. The lowest BCUT2D eigenvalue weighted by atomic mass is 10.0. The number of phenolic OH excluding ortho intramolecular Hbond substituents is 2. The minimum atomic E-state index is -0.0437. The van der Waals surface area contributed by atoms with Crippen molar-refractivity contribution in [2.45, 2.75) is 6.92 Å². The van der Waals surface area contributed by atoms with Gasteiger partial charge in [-0.25, -0.2) is 0 Å². The monoisotopic (exact) mass is 312 g/mol. The number of aryl methyl sites for hydroxylation is 1. The first-order chi connectivity index (χ1) is 8.52. The summed E-state index contributed by atoms with van der Waals surface area (Å²) in [5, 5.41) is 21.5. The highest BCUT2D eigenvalue weighted by Crippen LogP contribution is 2.51. The molecule has 0 fully saturated rings. The molecule has 0 atom stereocenters. The number of fused-ring (bicyclic) bond motifs is 1. The maximum Gasteiger partial charge on any atom is 0.207 e. The highest BCUT2D eigenvalue weighted by Gasteiger charge is 2.22. The van der Waals surface area contributed by atoms with Gasteiger partial charge < -0.3 is 19.7 Å². The van der Waals surface area contributed by atoms with Gasteiger partial charge >= 0.3 is 0 Å². The van der Waals surface area contributed by atoms with Crippen LogP contribution in [0.15, 0.2) is 16.6 Å². The average molecular weight is 313 g/mol. The van der Waals surface area contributed by atoms with Crippen molar-refractivity contribution in [3.8, 4) is 23.0 Å². The molecule has 0 saturated carbocycles. The van der Waals surface area contributed by atoms with E-state index in [1.807, 2.05) is 13.0 Å². The summed E-state index contributed by atoms with van der Waals surface area (Å²) < 4.78 is 11.0. The fraction of sp³-hybridized carbons (Fsp3) is 0.231. The van der Waals surface area contributed by atoms with Crippen molar-refractivity contribution in [2.24, 2.45) is 0 Å². The smallest absolute Gasteiger partial charge is 0.207 e. The molecule has 0 amide bonds. The Kier molecular flexibility index (Phi) is 3.26. The average Bonchev–Trinajstić information content (AvgIpc) is 2.36. The van der Waals surface area contributed by atoms with Gasteiger partial charge in [-0.1, -0.05) is 15.9 Å². The topological polar surface area (TPSA) is 58.9 Å². The third kappa shape index (κ3) is 1.66. The number of hydrogen-bond acceptors (Lipinski definition) is 4. The summed E-state index contributed by atoms with van der Waals surface area (Å²) in [7, 11) is 2.82. The quantitative estimate of drug-likeness (QED) is 0.835. The van der Waals surface area contributed by atoms with Crippen molar-refractivity contribution in [2.75, 3.05) is 14.2 Å². The first kappa shape index (κ1) is 12.8. The summed E-state index contributed by atoms with van der Waals surface area (Å²) in [5.74, 6) is 0.173. The van der Waals surface area contributed by atoms with E-state index in [-0.39, 0.29) is 23.0 Å². The number of phenols is 2. The molecule has 0 unspecified atom stereocenters. The lowest BCUT2D eigenvalue weighted by Gasteiger charge is -2.16. The molecule has 2 rings (SSSR count). The zero-order valence-electron chi connectivity index (χ0n) is 10.2. The molecule has 96 valence electrons. The Balaban J connectivity index is 3.02. The second-order valence-corrected chi connectivity index (χ2v) is 4.71. The maximum absolute atomic E-state index is 10.3. The maximum atomic E-state index is 10.3. The number of rotatable bonds is 2. The van der Waals surface area contributed by atoms with Crippen LogP contribution in [0.1, 0.15) is 5.56 Å². The first-order valence-corrected chi connectivity index (χ1v) is 6.06. The van der Waals surface area contributed by atoms with Gasteiger partial charge in [0.15, 0.2) is 11.5 Å². The number of aromatic hydroxyl groups is 2. The molecular weight excluding hydrogens is 300 g/mol. The predicted octanol–water partition coefficient (Wildman–Crippen LogP) is 3.34. The fourth-order valence-corrected chi connectivity index (χ4v) is 2.35. The van der Waals surface area contributed by atoms with E-state index in [4.69, 9.17) is 9.47 Å². The molecule has 0 aliphatic rings. The Morgan fingerprint density at radius 3 is 2.11 bits per heavy atom. The van der Waals surface area contributed by atoms with E-state index in [1.54, 1.807) is 6.07 Å². The van der Waals surface area contributed by atoms with Crippen LogP contribution in [0.5, 0.6) is 23.0 Å². The van der Waals surface area contributed by atoms with E-state index in [0.717, 1.165) is 10.0 Å². The van der Waals surface area contributed by atoms with E-state index >= 15 is 0 Å². The minimum Gasteiger partial charge on any atom is -0.504 e. The van der Waals surface area contributed by atoms with Crippen molar-refractivity contribution in [3.63, 3.8) is 0 Å². The van der Waals surface area contributed by atoms with Gasteiger partial charge in [0.2, 0.25) is 11.5 Å². The lowest BCUT2D eigenvalue weighted by molar-refractivity contribution is 0.320. The molecule has 0 saturated heterocycles. The molecule has 4 nitrogen and oxygen atoms in total. The van der Waals surface area contributed by atoms with Crippen LogP contribution in [-0.2, 0) is 0 Å². The van der Waals surface area contributed by atoms with Crippen molar-refractivity contribution in [3.05, 3.63) is 22.2 Å². The molecule has 0 radical (unpaired) electrons. The number of hydrogen-bond donors (Lipinski definition) is 2. The lowest BCUT2D eigenvalue weighted by Crippen LogP contribution is -1.94. The van der Waals surface area contributed by atoms with Gasteiger partial charge in [-0.15, -0.1) is 0 Å². The normalized spacial score (nSPS) is 10.7. The highest BCUT2D eigenvalue weighted by molar-refractivity contribution is 9.10. The van der Waals surface area contributed by atoms with Gasteiger partial charge in [0.05, 0.1) is 14.2 Å². The summed E-state index contributed by atoms with van der Waals surface area (Å²) in [6.45, 7) is 1.84. The van der Waals surface area contributed by atoms with E-state index < -0.39 is 0 Å². The predicted molar refractivity (Wildman–Crippen MR) is 72.8 cm³/mol. The Bertz CT molecular complexity index is 622. The second kappa shape index (κ2) is 4.57. The van der Waals surface area contributed by atoms with Gasteiger partial charge in [0, 0.05) is 15.2 Å². The van der Waals surface area contributed by atoms with Crippen molar-refractivity contribution < 1.29 is 19.7 Å². The molecule has 2 N–H and O–H groups in total. The molecule has 0 aromatic heterocycles. The van der Waals surface area contributed by atoms with Crippen LogP contribution in [0.25, 0.3) is 10.8 Å².